The smallest absolute Gasteiger partial charge is 0.208 e. The van der Waals surface area contributed by atoms with E-state index in [9.17, 15) is 12.8 Å². The fraction of sp³-hybridized carbons (Fsp3) is 0.625. The lowest BCUT2D eigenvalue weighted by molar-refractivity contribution is 0.218. The van der Waals surface area contributed by atoms with E-state index in [4.69, 9.17) is 0 Å². The first-order valence-corrected chi connectivity index (χ1v) is 8.88. The van der Waals surface area contributed by atoms with Crippen molar-refractivity contribution in [1.82, 2.24) is 4.72 Å². The molecule has 0 atom stereocenters. The van der Waals surface area contributed by atoms with Crippen LogP contribution in [0.1, 0.15) is 50.7 Å². The Hall–Kier alpha value is -0.940. The summed E-state index contributed by atoms with van der Waals surface area (Å²) in [5.41, 5.74) is 1.20. The normalized spacial score (nSPS) is 19.7. The van der Waals surface area contributed by atoms with Gasteiger partial charge in [-0.05, 0) is 68.2 Å². The standard InChI is InChI=1S/C16H24FNO2S/c1-11-9-13(17)10-12(2)15(11)21(19,20)18-14-5-7-16(3,4)8-6-14/h9-10,14,18H,5-8H2,1-4H3. The van der Waals surface area contributed by atoms with Gasteiger partial charge in [0, 0.05) is 6.04 Å². The first-order chi connectivity index (χ1) is 9.61. The zero-order valence-electron chi connectivity index (χ0n) is 13.2. The molecule has 0 saturated heterocycles. The number of rotatable bonds is 3. The Kier molecular flexibility index (Phi) is 4.45. The molecule has 0 heterocycles. The summed E-state index contributed by atoms with van der Waals surface area (Å²) in [5.74, 6) is -0.400. The van der Waals surface area contributed by atoms with E-state index in [0.717, 1.165) is 25.7 Å². The lowest BCUT2D eigenvalue weighted by Crippen LogP contribution is -2.39. The average molecular weight is 313 g/mol. The molecule has 0 radical (unpaired) electrons. The van der Waals surface area contributed by atoms with Gasteiger partial charge in [0.15, 0.2) is 0 Å². The number of sulfonamides is 1. The Bertz CT molecular complexity index is 605. The zero-order chi connectivity index (χ0) is 15.8. The Morgan fingerprint density at radius 1 is 1.14 bits per heavy atom. The molecule has 0 bridgehead atoms. The highest BCUT2D eigenvalue weighted by Crippen LogP contribution is 2.35. The van der Waals surface area contributed by atoms with Crippen LogP contribution < -0.4 is 4.72 Å². The SMILES string of the molecule is Cc1cc(F)cc(C)c1S(=O)(=O)NC1CCC(C)(C)CC1. The molecule has 1 aromatic carbocycles. The van der Waals surface area contributed by atoms with Gasteiger partial charge in [-0.1, -0.05) is 13.8 Å². The highest BCUT2D eigenvalue weighted by molar-refractivity contribution is 7.89. The molecule has 0 aliphatic heterocycles. The van der Waals surface area contributed by atoms with Gasteiger partial charge in [-0.25, -0.2) is 17.5 Å². The second-order valence-electron chi connectivity index (χ2n) is 6.93. The summed E-state index contributed by atoms with van der Waals surface area (Å²) in [5, 5.41) is 0. The van der Waals surface area contributed by atoms with Crippen LogP contribution in [-0.4, -0.2) is 14.5 Å². The Labute approximate surface area is 127 Å². The van der Waals surface area contributed by atoms with Crippen molar-refractivity contribution < 1.29 is 12.8 Å². The summed E-state index contributed by atoms with van der Waals surface area (Å²) >= 11 is 0. The molecule has 1 aliphatic carbocycles. The second kappa shape index (κ2) is 5.69. The van der Waals surface area contributed by atoms with Crippen molar-refractivity contribution >= 4 is 10.0 Å². The van der Waals surface area contributed by atoms with Crippen molar-refractivity contribution in [3.05, 3.63) is 29.1 Å². The Morgan fingerprint density at radius 3 is 2.10 bits per heavy atom. The number of aryl methyl sites for hydroxylation is 2. The molecule has 1 aromatic rings. The maximum Gasteiger partial charge on any atom is 0.241 e. The van der Waals surface area contributed by atoms with Gasteiger partial charge >= 0.3 is 0 Å². The minimum absolute atomic E-state index is 0.0214. The number of halogens is 1. The molecule has 1 aliphatic rings. The molecule has 5 heteroatoms. The summed E-state index contributed by atoms with van der Waals surface area (Å²) < 4.78 is 41.3. The maximum absolute atomic E-state index is 13.3. The molecule has 0 amide bonds. The van der Waals surface area contributed by atoms with E-state index in [1.165, 1.54) is 12.1 Å². The van der Waals surface area contributed by atoms with E-state index in [1.807, 2.05) is 0 Å². The van der Waals surface area contributed by atoms with E-state index < -0.39 is 15.8 Å². The predicted octanol–water partition coefficient (Wildman–Crippen LogP) is 3.69. The number of nitrogens with one attached hydrogen (secondary N) is 1. The molecule has 21 heavy (non-hydrogen) atoms. The van der Waals surface area contributed by atoms with Crippen molar-refractivity contribution in [3.63, 3.8) is 0 Å². The molecule has 1 saturated carbocycles. The minimum atomic E-state index is -3.59. The van der Waals surface area contributed by atoms with E-state index in [-0.39, 0.29) is 10.9 Å². The van der Waals surface area contributed by atoms with Gasteiger partial charge in [-0.2, -0.15) is 0 Å². The zero-order valence-corrected chi connectivity index (χ0v) is 14.0. The topological polar surface area (TPSA) is 46.2 Å². The van der Waals surface area contributed by atoms with Gasteiger partial charge in [0.05, 0.1) is 4.90 Å². The van der Waals surface area contributed by atoms with Gasteiger partial charge in [0.2, 0.25) is 10.0 Å². The molecule has 0 aromatic heterocycles. The lowest BCUT2D eigenvalue weighted by atomic mass is 9.76. The largest absolute Gasteiger partial charge is 0.241 e. The third-order valence-corrected chi connectivity index (χ3v) is 6.18. The summed E-state index contributed by atoms with van der Waals surface area (Å²) in [6.07, 6.45) is 3.74. The Morgan fingerprint density at radius 2 is 1.62 bits per heavy atom. The van der Waals surface area contributed by atoms with Crippen LogP contribution in [0.2, 0.25) is 0 Å². The van der Waals surface area contributed by atoms with E-state index >= 15 is 0 Å². The molecule has 1 N–H and O–H groups in total. The number of hydrogen-bond donors (Lipinski definition) is 1. The molecule has 3 nitrogen and oxygen atoms in total. The molecular weight excluding hydrogens is 289 g/mol. The molecular formula is C16H24FNO2S. The van der Waals surface area contributed by atoms with Crippen molar-refractivity contribution in [1.29, 1.82) is 0 Å². The summed E-state index contributed by atoms with van der Waals surface area (Å²) in [4.78, 5) is 0.216. The van der Waals surface area contributed by atoms with Crippen LogP contribution in [0.25, 0.3) is 0 Å². The summed E-state index contributed by atoms with van der Waals surface area (Å²) in [6.45, 7) is 7.70. The van der Waals surface area contributed by atoms with Gasteiger partial charge < -0.3 is 0 Å². The average Bonchev–Trinajstić information content (AvgIpc) is 2.30. The molecule has 0 spiro atoms. The van der Waals surface area contributed by atoms with Crippen molar-refractivity contribution in [2.45, 2.75) is 64.3 Å². The van der Waals surface area contributed by atoms with Crippen LogP contribution in [0.15, 0.2) is 17.0 Å². The van der Waals surface area contributed by atoms with Gasteiger partial charge in [0.25, 0.3) is 0 Å². The molecule has 1 fully saturated rings. The first kappa shape index (κ1) is 16.4. The number of hydrogen-bond acceptors (Lipinski definition) is 2. The first-order valence-electron chi connectivity index (χ1n) is 7.40. The Balaban J connectivity index is 2.20. The van der Waals surface area contributed by atoms with Crippen molar-refractivity contribution in [2.24, 2.45) is 5.41 Å². The summed E-state index contributed by atoms with van der Waals surface area (Å²) in [6, 6.07) is 2.52. The number of benzene rings is 1. The van der Waals surface area contributed by atoms with Crippen molar-refractivity contribution in [3.8, 4) is 0 Å². The van der Waals surface area contributed by atoms with Gasteiger partial charge in [-0.3, -0.25) is 0 Å². The lowest BCUT2D eigenvalue weighted by Gasteiger charge is -2.34. The van der Waals surface area contributed by atoms with Crippen LogP contribution >= 0.6 is 0 Å². The minimum Gasteiger partial charge on any atom is -0.208 e. The van der Waals surface area contributed by atoms with Gasteiger partial charge in [0.1, 0.15) is 5.82 Å². The fourth-order valence-corrected chi connectivity index (χ4v) is 4.87. The maximum atomic E-state index is 13.3. The molecule has 0 unspecified atom stereocenters. The monoisotopic (exact) mass is 313 g/mol. The van der Waals surface area contributed by atoms with Crippen LogP contribution in [0.5, 0.6) is 0 Å². The second-order valence-corrected chi connectivity index (χ2v) is 8.58. The van der Waals surface area contributed by atoms with Crippen LogP contribution in [0.3, 0.4) is 0 Å². The van der Waals surface area contributed by atoms with Crippen LogP contribution in [0.4, 0.5) is 4.39 Å². The van der Waals surface area contributed by atoms with Crippen LogP contribution in [0, 0.1) is 25.1 Å². The van der Waals surface area contributed by atoms with E-state index in [0.29, 0.717) is 16.5 Å². The van der Waals surface area contributed by atoms with Crippen LogP contribution in [-0.2, 0) is 10.0 Å². The molecule has 2 rings (SSSR count). The third kappa shape index (κ3) is 3.83. The predicted molar refractivity (Wildman–Crippen MR) is 82.2 cm³/mol. The molecule has 118 valence electrons. The fourth-order valence-electron chi connectivity index (χ4n) is 3.12. The van der Waals surface area contributed by atoms with Gasteiger partial charge in [-0.15, -0.1) is 0 Å². The highest BCUT2D eigenvalue weighted by Gasteiger charge is 2.30. The third-order valence-electron chi connectivity index (χ3n) is 4.35. The van der Waals surface area contributed by atoms with E-state index in [1.54, 1.807) is 13.8 Å². The highest BCUT2D eigenvalue weighted by atomic mass is 32.2. The van der Waals surface area contributed by atoms with Crippen molar-refractivity contribution in [2.75, 3.05) is 0 Å². The van der Waals surface area contributed by atoms with E-state index in [2.05, 4.69) is 18.6 Å². The quantitative estimate of drug-likeness (QED) is 0.925. The summed E-state index contributed by atoms with van der Waals surface area (Å²) in [7, 11) is -3.59.